The van der Waals surface area contributed by atoms with Gasteiger partial charge in [-0.1, -0.05) is 13.3 Å². The van der Waals surface area contributed by atoms with Gasteiger partial charge >= 0.3 is 0 Å². The van der Waals surface area contributed by atoms with Crippen LogP contribution in [0.25, 0.3) is 0 Å². The smallest absolute Gasteiger partial charge is 0.191 e. The molecule has 0 aliphatic carbocycles. The van der Waals surface area contributed by atoms with E-state index in [1.54, 1.807) is 0 Å². The Morgan fingerprint density at radius 3 is 2.58 bits per heavy atom. The van der Waals surface area contributed by atoms with Gasteiger partial charge in [-0.2, -0.15) is 0 Å². The van der Waals surface area contributed by atoms with Crippen LogP contribution < -0.4 is 10.6 Å². The molecule has 5 nitrogen and oxygen atoms in total. The summed E-state index contributed by atoms with van der Waals surface area (Å²) in [5.41, 5.74) is 0. The van der Waals surface area contributed by atoms with Crippen molar-refractivity contribution < 1.29 is 9.84 Å². The largest absolute Gasteiger partial charge is 0.396 e. The van der Waals surface area contributed by atoms with E-state index >= 15 is 0 Å². The van der Waals surface area contributed by atoms with Crippen molar-refractivity contribution in [3.63, 3.8) is 0 Å². The number of rotatable bonds is 11. The van der Waals surface area contributed by atoms with Crippen LogP contribution in [0.4, 0.5) is 0 Å². The summed E-state index contributed by atoms with van der Waals surface area (Å²) in [5.74, 6) is 1.30. The number of hydrogen-bond donors (Lipinski definition) is 3. The van der Waals surface area contributed by atoms with Gasteiger partial charge in [-0.3, -0.25) is 4.99 Å². The number of aliphatic hydroxyl groups excluding tert-OH is 1. The first-order valence-electron chi connectivity index (χ1n) is 7.49. The zero-order valence-electron chi connectivity index (χ0n) is 12.7. The summed E-state index contributed by atoms with van der Waals surface area (Å²) in [6.45, 7) is 10.3. The maximum atomic E-state index is 9.04. The third-order valence-corrected chi connectivity index (χ3v) is 2.83. The average molecular weight is 273 g/mol. The van der Waals surface area contributed by atoms with Gasteiger partial charge in [-0.15, -0.1) is 0 Å². The summed E-state index contributed by atoms with van der Waals surface area (Å²) < 4.78 is 5.29. The summed E-state index contributed by atoms with van der Waals surface area (Å²) >= 11 is 0. The van der Waals surface area contributed by atoms with Crippen LogP contribution in [0.1, 0.15) is 40.0 Å². The standard InChI is InChI=1S/C14H31N3O2/c1-4-7-13(8-10-18)12-17-14(15-5-2)16-9-11-19-6-3/h13,18H,4-12H2,1-3H3,(H2,15,16,17). The molecule has 0 aliphatic rings. The van der Waals surface area contributed by atoms with Crippen LogP contribution in [-0.2, 0) is 4.74 Å². The van der Waals surface area contributed by atoms with E-state index in [9.17, 15) is 0 Å². The molecule has 0 rings (SSSR count). The first-order valence-corrected chi connectivity index (χ1v) is 7.49. The lowest BCUT2D eigenvalue weighted by atomic mass is 10.0. The second-order valence-corrected chi connectivity index (χ2v) is 4.51. The van der Waals surface area contributed by atoms with Gasteiger partial charge in [0.15, 0.2) is 5.96 Å². The highest BCUT2D eigenvalue weighted by atomic mass is 16.5. The lowest BCUT2D eigenvalue weighted by molar-refractivity contribution is 0.152. The van der Waals surface area contributed by atoms with Gasteiger partial charge in [-0.05, 0) is 32.6 Å². The van der Waals surface area contributed by atoms with Crippen LogP contribution in [0.5, 0.6) is 0 Å². The van der Waals surface area contributed by atoms with Crippen LogP contribution in [0.15, 0.2) is 4.99 Å². The van der Waals surface area contributed by atoms with Crippen molar-refractivity contribution in [3.8, 4) is 0 Å². The van der Waals surface area contributed by atoms with Crippen LogP contribution >= 0.6 is 0 Å². The second kappa shape index (κ2) is 13.6. The van der Waals surface area contributed by atoms with Crippen LogP contribution in [0.3, 0.4) is 0 Å². The highest BCUT2D eigenvalue weighted by molar-refractivity contribution is 5.79. The highest BCUT2D eigenvalue weighted by Crippen LogP contribution is 2.10. The number of ether oxygens (including phenoxy) is 1. The molecule has 3 N–H and O–H groups in total. The van der Waals surface area contributed by atoms with E-state index in [-0.39, 0.29) is 6.61 Å². The van der Waals surface area contributed by atoms with Crippen molar-refractivity contribution in [2.75, 3.05) is 39.5 Å². The molecule has 0 heterocycles. The molecular formula is C14H31N3O2. The molecule has 0 radical (unpaired) electrons. The van der Waals surface area contributed by atoms with E-state index in [0.717, 1.165) is 51.5 Å². The Balaban J connectivity index is 4.12. The molecule has 0 amide bonds. The molecule has 0 aromatic carbocycles. The molecular weight excluding hydrogens is 242 g/mol. The Hall–Kier alpha value is -0.810. The van der Waals surface area contributed by atoms with E-state index in [0.29, 0.717) is 12.5 Å². The van der Waals surface area contributed by atoms with E-state index in [2.05, 4.69) is 29.5 Å². The number of nitrogens with one attached hydrogen (secondary N) is 2. The third-order valence-electron chi connectivity index (χ3n) is 2.83. The normalized spacial score (nSPS) is 13.4. The minimum atomic E-state index is 0.245. The zero-order chi connectivity index (χ0) is 14.3. The summed E-state index contributed by atoms with van der Waals surface area (Å²) in [6, 6.07) is 0. The van der Waals surface area contributed by atoms with Crippen molar-refractivity contribution in [3.05, 3.63) is 0 Å². The minimum Gasteiger partial charge on any atom is -0.396 e. The van der Waals surface area contributed by atoms with Crippen LogP contribution in [-0.4, -0.2) is 50.5 Å². The van der Waals surface area contributed by atoms with Gasteiger partial charge in [0.2, 0.25) is 0 Å². The number of aliphatic imine (C=N–C) groups is 1. The molecule has 114 valence electrons. The highest BCUT2D eigenvalue weighted by Gasteiger charge is 2.07. The van der Waals surface area contributed by atoms with Crippen molar-refractivity contribution in [2.45, 2.75) is 40.0 Å². The Morgan fingerprint density at radius 1 is 1.21 bits per heavy atom. The van der Waals surface area contributed by atoms with Crippen molar-refractivity contribution in [1.82, 2.24) is 10.6 Å². The number of aliphatic hydroxyl groups is 1. The quantitative estimate of drug-likeness (QED) is 0.302. The fraction of sp³-hybridized carbons (Fsp3) is 0.929. The Bertz CT molecular complexity index is 217. The lowest BCUT2D eigenvalue weighted by Crippen LogP contribution is -2.39. The van der Waals surface area contributed by atoms with Gasteiger partial charge in [0.25, 0.3) is 0 Å². The van der Waals surface area contributed by atoms with Crippen LogP contribution in [0, 0.1) is 5.92 Å². The maximum Gasteiger partial charge on any atom is 0.191 e. The SMILES string of the molecule is CCCC(CCO)CN=C(NCC)NCCOCC. The maximum absolute atomic E-state index is 9.04. The monoisotopic (exact) mass is 273 g/mol. The molecule has 0 saturated carbocycles. The van der Waals surface area contributed by atoms with Gasteiger partial charge in [-0.25, -0.2) is 0 Å². The Kier molecular flexibility index (Phi) is 13.0. The molecule has 0 bridgehead atoms. The molecule has 0 aromatic rings. The minimum absolute atomic E-state index is 0.245. The lowest BCUT2D eigenvalue weighted by Gasteiger charge is -2.15. The zero-order valence-corrected chi connectivity index (χ0v) is 12.7. The summed E-state index contributed by atoms with van der Waals surface area (Å²) in [4.78, 5) is 4.58. The van der Waals surface area contributed by atoms with Gasteiger partial charge < -0.3 is 20.5 Å². The van der Waals surface area contributed by atoms with E-state index < -0.39 is 0 Å². The Morgan fingerprint density at radius 2 is 2.00 bits per heavy atom. The fourth-order valence-electron chi connectivity index (χ4n) is 1.87. The predicted octanol–water partition coefficient (Wildman–Crippen LogP) is 1.38. The van der Waals surface area contributed by atoms with Crippen molar-refractivity contribution >= 4 is 5.96 Å². The van der Waals surface area contributed by atoms with E-state index in [4.69, 9.17) is 9.84 Å². The van der Waals surface area contributed by atoms with E-state index in [1.165, 1.54) is 0 Å². The summed E-state index contributed by atoms with van der Waals surface area (Å²) in [5, 5.41) is 15.5. The molecule has 0 aliphatic heterocycles. The number of guanidine groups is 1. The molecule has 1 unspecified atom stereocenters. The topological polar surface area (TPSA) is 65.9 Å². The summed E-state index contributed by atoms with van der Waals surface area (Å²) in [7, 11) is 0. The van der Waals surface area contributed by atoms with Crippen molar-refractivity contribution in [1.29, 1.82) is 0 Å². The van der Waals surface area contributed by atoms with Gasteiger partial charge in [0, 0.05) is 32.8 Å². The predicted molar refractivity (Wildman–Crippen MR) is 80.6 cm³/mol. The van der Waals surface area contributed by atoms with Crippen LogP contribution in [0.2, 0.25) is 0 Å². The third kappa shape index (κ3) is 10.8. The van der Waals surface area contributed by atoms with Gasteiger partial charge in [0.1, 0.15) is 0 Å². The molecule has 1 atom stereocenters. The molecule has 0 aromatic heterocycles. The van der Waals surface area contributed by atoms with Crippen molar-refractivity contribution in [2.24, 2.45) is 10.9 Å². The fourth-order valence-corrected chi connectivity index (χ4v) is 1.87. The number of nitrogens with zero attached hydrogens (tertiary/aromatic N) is 1. The first-order chi connectivity index (χ1) is 9.28. The molecule has 5 heteroatoms. The Labute approximate surface area is 117 Å². The number of hydrogen-bond acceptors (Lipinski definition) is 3. The second-order valence-electron chi connectivity index (χ2n) is 4.51. The van der Waals surface area contributed by atoms with E-state index in [1.807, 2.05) is 6.92 Å². The molecule has 0 saturated heterocycles. The molecule has 0 fully saturated rings. The summed E-state index contributed by atoms with van der Waals surface area (Å²) in [6.07, 6.45) is 3.08. The molecule has 19 heavy (non-hydrogen) atoms. The average Bonchev–Trinajstić information content (AvgIpc) is 2.41. The first kappa shape index (κ1) is 18.2. The molecule has 0 spiro atoms. The van der Waals surface area contributed by atoms with Gasteiger partial charge in [0.05, 0.1) is 6.61 Å².